The van der Waals surface area contributed by atoms with Gasteiger partial charge in [-0.2, -0.15) is 5.26 Å². The molecule has 4 heteroatoms. The van der Waals surface area contributed by atoms with Gasteiger partial charge >= 0.3 is 0 Å². The van der Waals surface area contributed by atoms with E-state index < -0.39 is 6.10 Å². The molecule has 1 aromatic carbocycles. The maximum atomic E-state index is 11.6. The molecule has 0 aliphatic heterocycles. The van der Waals surface area contributed by atoms with Gasteiger partial charge in [0.05, 0.1) is 11.6 Å². The zero-order valence-corrected chi connectivity index (χ0v) is 9.64. The Labute approximate surface area is 100 Å². The third kappa shape index (κ3) is 3.22. The first-order chi connectivity index (χ1) is 8.19. The minimum absolute atomic E-state index is 0.0862. The van der Waals surface area contributed by atoms with Crippen molar-refractivity contribution >= 4 is 5.91 Å². The van der Waals surface area contributed by atoms with Gasteiger partial charge in [0.25, 0.3) is 5.91 Å². The van der Waals surface area contributed by atoms with Crippen LogP contribution in [0.2, 0.25) is 0 Å². The molecule has 88 valence electrons. The average molecular weight is 230 g/mol. The van der Waals surface area contributed by atoms with Crippen LogP contribution in [0.4, 0.5) is 0 Å². The van der Waals surface area contributed by atoms with E-state index >= 15 is 0 Å². The van der Waals surface area contributed by atoms with Crippen molar-refractivity contribution < 1.29 is 9.53 Å². The Morgan fingerprint density at radius 1 is 1.47 bits per heavy atom. The van der Waals surface area contributed by atoms with Crippen molar-refractivity contribution in [2.45, 2.75) is 31.9 Å². The molecule has 1 aliphatic carbocycles. The summed E-state index contributed by atoms with van der Waals surface area (Å²) in [5.74, 6) is 0.513. The molecular weight excluding hydrogens is 216 g/mol. The van der Waals surface area contributed by atoms with Crippen molar-refractivity contribution in [3.05, 3.63) is 29.8 Å². The van der Waals surface area contributed by atoms with E-state index in [1.54, 1.807) is 31.2 Å². The van der Waals surface area contributed by atoms with Crippen LogP contribution >= 0.6 is 0 Å². The van der Waals surface area contributed by atoms with Crippen molar-refractivity contribution in [3.63, 3.8) is 0 Å². The Morgan fingerprint density at radius 3 is 2.65 bits per heavy atom. The molecule has 1 amide bonds. The van der Waals surface area contributed by atoms with Gasteiger partial charge in [0.1, 0.15) is 5.75 Å². The number of nitrogens with one attached hydrogen (secondary N) is 1. The van der Waals surface area contributed by atoms with Crippen LogP contribution in [-0.2, 0) is 4.79 Å². The van der Waals surface area contributed by atoms with Crippen LogP contribution in [0.1, 0.15) is 25.3 Å². The van der Waals surface area contributed by atoms with Crippen molar-refractivity contribution in [2.24, 2.45) is 0 Å². The highest BCUT2D eigenvalue weighted by Crippen LogP contribution is 2.19. The predicted octanol–water partition coefficient (Wildman–Crippen LogP) is 1.60. The molecule has 1 N–H and O–H groups in total. The van der Waals surface area contributed by atoms with Crippen LogP contribution in [0, 0.1) is 11.3 Å². The smallest absolute Gasteiger partial charge is 0.260 e. The third-order valence-electron chi connectivity index (χ3n) is 2.59. The molecule has 1 atom stereocenters. The number of nitriles is 1. The molecule has 1 fully saturated rings. The van der Waals surface area contributed by atoms with Crippen LogP contribution in [0.25, 0.3) is 0 Å². The summed E-state index contributed by atoms with van der Waals surface area (Å²) < 4.78 is 5.48. The normalized spacial score (nSPS) is 15.8. The SMILES string of the molecule is CC(Oc1ccc(C#N)cc1)C(=O)NC1CC1. The number of carbonyl (C=O) groups excluding carboxylic acids is 1. The van der Waals surface area contributed by atoms with Gasteiger partial charge in [-0.25, -0.2) is 0 Å². The largest absolute Gasteiger partial charge is 0.481 e. The number of nitrogens with zero attached hydrogens (tertiary/aromatic N) is 1. The molecule has 0 bridgehead atoms. The number of rotatable bonds is 4. The molecule has 17 heavy (non-hydrogen) atoms. The Hall–Kier alpha value is -2.02. The lowest BCUT2D eigenvalue weighted by atomic mass is 10.2. The summed E-state index contributed by atoms with van der Waals surface area (Å²) >= 11 is 0. The fraction of sp³-hybridized carbons (Fsp3) is 0.385. The third-order valence-corrected chi connectivity index (χ3v) is 2.59. The van der Waals surface area contributed by atoms with Crippen LogP contribution in [0.15, 0.2) is 24.3 Å². The van der Waals surface area contributed by atoms with E-state index in [0.29, 0.717) is 17.4 Å². The summed E-state index contributed by atoms with van der Waals surface area (Å²) in [4.78, 5) is 11.6. The second-order valence-corrected chi connectivity index (χ2v) is 4.18. The quantitative estimate of drug-likeness (QED) is 0.854. The maximum Gasteiger partial charge on any atom is 0.260 e. The molecule has 1 saturated carbocycles. The highest BCUT2D eigenvalue weighted by Gasteiger charge is 2.26. The Bertz CT molecular complexity index is 443. The molecule has 2 rings (SSSR count). The molecule has 1 aromatic rings. The van der Waals surface area contributed by atoms with Gasteiger partial charge in [0.2, 0.25) is 0 Å². The second-order valence-electron chi connectivity index (χ2n) is 4.18. The first kappa shape index (κ1) is 11.5. The van der Waals surface area contributed by atoms with E-state index in [-0.39, 0.29) is 5.91 Å². The standard InChI is InChI=1S/C13H14N2O2/c1-9(13(16)15-11-4-5-11)17-12-6-2-10(8-14)3-7-12/h2-3,6-7,9,11H,4-5H2,1H3,(H,15,16). The van der Waals surface area contributed by atoms with Crippen LogP contribution in [0.5, 0.6) is 5.75 Å². The average Bonchev–Trinajstić information content (AvgIpc) is 3.14. The summed E-state index contributed by atoms with van der Waals surface area (Å²) in [5, 5.41) is 11.5. The van der Waals surface area contributed by atoms with E-state index in [1.165, 1.54) is 0 Å². The summed E-state index contributed by atoms with van der Waals surface area (Å²) in [6, 6.07) is 9.09. The lowest BCUT2D eigenvalue weighted by molar-refractivity contribution is -0.127. The first-order valence-corrected chi connectivity index (χ1v) is 5.66. The summed E-state index contributed by atoms with van der Waals surface area (Å²) in [5.41, 5.74) is 0.576. The van der Waals surface area contributed by atoms with Crippen molar-refractivity contribution in [3.8, 4) is 11.8 Å². The van der Waals surface area contributed by atoms with E-state index in [0.717, 1.165) is 12.8 Å². The first-order valence-electron chi connectivity index (χ1n) is 5.66. The van der Waals surface area contributed by atoms with Crippen LogP contribution in [-0.4, -0.2) is 18.1 Å². The molecule has 0 radical (unpaired) electrons. The maximum absolute atomic E-state index is 11.6. The molecule has 0 aromatic heterocycles. The highest BCUT2D eigenvalue weighted by atomic mass is 16.5. The van der Waals surface area contributed by atoms with Crippen LogP contribution in [0.3, 0.4) is 0 Å². The van der Waals surface area contributed by atoms with Crippen molar-refractivity contribution in [2.75, 3.05) is 0 Å². The number of benzene rings is 1. The fourth-order valence-corrected chi connectivity index (χ4v) is 1.41. The van der Waals surface area contributed by atoms with Gasteiger partial charge in [-0.05, 0) is 44.0 Å². The van der Waals surface area contributed by atoms with Gasteiger partial charge in [0, 0.05) is 6.04 Å². The lowest BCUT2D eigenvalue weighted by Gasteiger charge is -2.14. The minimum Gasteiger partial charge on any atom is -0.481 e. The van der Waals surface area contributed by atoms with Gasteiger partial charge in [-0.15, -0.1) is 0 Å². The summed E-state index contributed by atoms with van der Waals surface area (Å²) in [7, 11) is 0. The van der Waals surface area contributed by atoms with E-state index in [4.69, 9.17) is 10.00 Å². The van der Waals surface area contributed by atoms with Crippen molar-refractivity contribution in [1.29, 1.82) is 5.26 Å². The lowest BCUT2D eigenvalue weighted by Crippen LogP contribution is -2.37. The molecule has 0 spiro atoms. The number of ether oxygens (including phenoxy) is 1. The van der Waals surface area contributed by atoms with Gasteiger partial charge in [-0.3, -0.25) is 4.79 Å². The van der Waals surface area contributed by atoms with Crippen molar-refractivity contribution in [1.82, 2.24) is 5.32 Å². The monoisotopic (exact) mass is 230 g/mol. The zero-order valence-electron chi connectivity index (χ0n) is 9.64. The molecule has 4 nitrogen and oxygen atoms in total. The molecule has 1 aliphatic rings. The highest BCUT2D eigenvalue weighted by molar-refractivity contribution is 5.81. The topological polar surface area (TPSA) is 62.1 Å². The molecule has 1 unspecified atom stereocenters. The fourth-order valence-electron chi connectivity index (χ4n) is 1.41. The molecular formula is C13H14N2O2. The van der Waals surface area contributed by atoms with Gasteiger partial charge in [-0.1, -0.05) is 0 Å². The zero-order chi connectivity index (χ0) is 12.3. The Kier molecular flexibility index (Phi) is 3.29. The minimum atomic E-state index is -0.511. The number of amides is 1. The van der Waals surface area contributed by atoms with E-state index in [2.05, 4.69) is 5.32 Å². The van der Waals surface area contributed by atoms with Gasteiger partial charge in [0.15, 0.2) is 6.10 Å². The number of carbonyl (C=O) groups is 1. The van der Waals surface area contributed by atoms with E-state index in [1.807, 2.05) is 6.07 Å². The van der Waals surface area contributed by atoms with E-state index in [9.17, 15) is 4.79 Å². The molecule has 0 heterocycles. The van der Waals surface area contributed by atoms with Crippen LogP contribution < -0.4 is 10.1 Å². The Balaban J connectivity index is 1.90. The molecule has 0 saturated heterocycles. The number of hydrogen-bond acceptors (Lipinski definition) is 3. The van der Waals surface area contributed by atoms with Gasteiger partial charge < -0.3 is 10.1 Å². The summed E-state index contributed by atoms with van der Waals surface area (Å²) in [6.07, 6.45) is 1.62. The predicted molar refractivity (Wildman–Crippen MR) is 62.4 cm³/mol. The summed E-state index contributed by atoms with van der Waals surface area (Å²) in [6.45, 7) is 1.72. The number of hydrogen-bond donors (Lipinski definition) is 1. The Morgan fingerprint density at radius 2 is 2.12 bits per heavy atom. The second kappa shape index (κ2) is 4.88.